The lowest BCUT2D eigenvalue weighted by Gasteiger charge is -2.22. The molecular weight excluding hydrogens is 204 g/mol. The standard InChI is InChI=1S/C11H20N4O/c1-3-15(8-9-16-4-2)11-7-5-6-10(13-11)14-12/h5-7H,3-4,8-9,12H2,1-2H3,(H,13,14). The monoisotopic (exact) mass is 224 g/mol. The molecule has 0 spiro atoms. The Kier molecular flexibility index (Phi) is 5.60. The van der Waals surface area contributed by atoms with Gasteiger partial charge in [-0.05, 0) is 26.0 Å². The molecule has 1 rings (SSSR count). The Labute approximate surface area is 96.6 Å². The molecule has 0 radical (unpaired) electrons. The predicted octanol–water partition coefficient (Wildman–Crippen LogP) is 1.23. The van der Waals surface area contributed by atoms with Gasteiger partial charge in [0.2, 0.25) is 0 Å². The molecule has 0 unspecified atom stereocenters. The Morgan fingerprint density at radius 2 is 2.25 bits per heavy atom. The van der Waals surface area contributed by atoms with Crippen molar-refractivity contribution >= 4 is 11.6 Å². The molecule has 90 valence electrons. The van der Waals surface area contributed by atoms with Crippen LogP contribution in [0.2, 0.25) is 0 Å². The van der Waals surface area contributed by atoms with Gasteiger partial charge in [-0.1, -0.05) is 6.07 Å². The third-order valence-electron chi connectivity index (χ3n) is 2.30. The van der Waals surface area contributed by atoms with Gasteiger partial charge in [-0.25, -0.2) is 10.8 Å². The molecule has 5 nitrogen and oxygen atoms in total. The summed E-state index contributed by atoms with van der Waals surface area (Å²) in [6, 6.07) is 5.73. The van der Waals surface area contributed by atoms with Crippen LogP contribution in [0.4, 0.5) is 11.6 Å². The minimum absolute atomic E-state index is 0.673. The molecule has 0 aromatic carbocycles. The highest BCUT2D eigenvalue weighted by Gasteiger charge is 2.05. The summed E-state index contributed by atoms with van der Waals surface area (Å²) < 4.78 is 5.33. The van der Waals surface area contributed by atoms with Crippen molar-refractivity contribution in [3.63, 3.8) is 0 Å². The minimum atomic E-state index is 0.673. The number of rotatable bonds is 7. The Morgan fingerprint density at radius 1 is 1.44 bits per heavy atom. The molecule has 0 saturated heterocycles. The Morgan fingerprint density at radius 3 is 2.88 bits per heavy atom. The lowest BCUT2D eigenvalue weighted by Crippen LogP contribution is -2.28. The van der Waals surface area contributed by atoms with E-state index in [1.807, 2.05) is 25.1 Å². The van der Waals surface area contributed by atoms with Crippen molar-refractivity contribution in [2.75, 3.05) is 36.6 Å². The number of hydrazine groups is 1. The second-order valence-electron chi connectivity index (χ2n) is 3.30. The first-order valence-electron chi connectivity index (χ1n) is 5.58. The van der Waals surface area contributed by atoms with E-state index in [0.29, 0.717) is 12.4 Å². The highest BCUT2D eigenvalue weighted by Crippen LogP contribution is 2.13. The Bertz CT molecular complexity index is 306. The SMILES string of the molecule is CCOCCN(CC)c1cccc(NN)n1. The van der Waals surface area contributed by atoms with Crippen LogP contribution in [0.3, 0.4) is 0 Å². The van der Waals surface area contributed by atoms with Gasteiger partial charge in [0.15, 0.2) is 0 Å². The van der Waals surface area contributed by atoms with Crippen molar-refractivity contribution in [3.8, 4) is 0 Å². The average Bonchev–Trinajstić information content (AvgIpc) is 2.35. The maximum Gasteiger partial charge on any atom is 0.142 e. The number of nitrogens with two attached hydrogens (primary N) is 1. The van der Waals surface area contributed by atoms with Crippen molar-refractivity contribution in [2.24, 2.45) is 5.84 Å². The maximum absolute atomic E-state index is 5.33. The summed E-state index contributed by atoms with van der Waals surface area (Å²) in [7, 11) is 0. The lowest BCUT2D eigenvalue weighted by atomic mass is 10.4. The zero-order valence-corrected chi connectivity index (χ0v) is 9.94. The Balaban J connectivity index is 2.62. The van der Waals surface area contributed by atoms with E-state index in [4.69, 9.17) is 10.6 Å². The summed E-state index contributed by atoms with van der Waals surface area (Å²) in [6.07, 6.45) is 0. The molecule has 0 amide bonds. The maximum atomic E-state index is 5.33. The number of hydrogen-bond acceptors (Lipinski definition) is 5. The summed E-state index contributed by atoms with van der Waals surface area (Å²) in [5.41, 5.74) is 2.54. The van der Waals surface area contributed by atoms with Gasteiger partial charge in [0.05, 0.1) is 6.61 Å². The van der Waals surface area contributed by atoms with E-state index in [2.05, 4.69) is 22.2 Å². The van der Waals surface area contributed by atoms with Crippen LogP contribution in [-0.4, -0.2) is 31.3 Å². The summed E-state index contributed by atoms with van der Waals surface area (Å²) in [5.74, 6) is 6.91. The number of likely N-dealkylation sites (N-methyl/N-ethyl adjacent to an activating group) is 1. The summed E-state index contributed by atoms with van der Waals surface area (Å²) in [6.45, 7) is 7.28. The van der Waals surface area contributed by atoms with Crippen LogP contribution < -0.4 is 16.2 Å². The van der Waals surface area contributed by atoms with Crippen molar-refractivity contribution in [1.29, 1.82) is 0 Å². The van der Waals surface area contributed by atoms with Crippen LogP contribution in [0.5, 0.6) is 0 Å². The average molecular weight is 224 g/mol. The van der Waals surface area contributed by atoms with Gasteiger partial charge < -0.3 is 15.1 Å². The first kappa shape index (κ1) is 12.7. The smallest absolute Gasteiger partial charge is 0.142 e. The Hall–Kier alpha value is -1.33. The van der Waals surface area contributed by atoms with E-state index in [-0.39, 0.29) is 0 Å². The topological polar surface area (TPSA) is 63.4 Å². The van der Waals surface area contributed by atoms with E-state index in [9.17, 15) is 0 Å². The fourth-order valence-electron chi connectivity index (χ4n) is 1.43. The van der Waals surface area contributed by atoms with Crippen LogP contribution in [0.25, 0.3) is 0 Å². The zero-order valence-electron chi connectivity index (χ0n) is 9.94. The molecule has 0 aliphatic carbocycles. The van der Waals surface area contributed by atoms with Crippen LogP contribution in [0, 0.1) is 0 Å². The van der Waals surface area contributed by atoms with Gasteiger partial charge in [0.25, 0.3) is 0 Å². The van der Waals surface area contributed by atoms with Crippen LogP contribution in [0.1, 0.15) is 13.8 Å². The lowest BCUT2D eigenvalue weighted by molar-refractivity contribution is 0.154. The summed E-state index contributed by atoms with van der Waals surface area (Å²) in [5, 5.41) is 0. The highest BCUT2D eigenvalue weighted by atomic mass is 16.5. The minimum Gasteiger partial charge on any atom is -0.380 e. The van der Waals surface area contributed by atoms with Gasteiger partial charge in [0.1, 0.15) is 11.6 Å². The first-order valence-corrected chi connectivity index (χ1v) is 5.58. The molecule has 1 aromatic rings. The van der Waals surface area contributed by atoms with Gasteiger partial charge in [0, 0.05) is 19.7 Å². The van der Waals surface area contributed by atoms with Gasteiger partial charge in [-0.3, -0.25) is 0 Å². The number of nitrogen functional groups attached to an aromatic ring is 1. The normalized spacial score (nSPS) is 10.2. The molecular formula is C11H20N4O. The number of nitrogens with one attached hydrogen (secondary N) is 1. The quantitative estimate of drug-likeness (QED) is 0.414. The van der Waals surface area contributed by atoms with E-state index in [1.54, 1.807) is 0 Å². The second-order valence-corrected chi connectivity index (χ2v) is 3.30. The first-order chi connectivity index (χ1) is 7.81. The summed E-state index contributed by atoms with van der Waals surface area (Å²) in [4.78, 5) is 6.52. The number of aromatic nitrogens is 1. The van der Waals surface area contributed by atoms with Crippen molar-refractivity contribution in [3.05, 3.63) is 18.2 Å². The zero-order chi connectivity index (χ0) is 11.8. The van der Waals surface area contributed by atoms with E-state index < -0.39 is 0 Å². The third-order valence-corrected chi connectivity index (χ3v) is 2.30. The number of nitrogens with zero attached hydrogens (tertiary/aromatic N) is 2. The van der Waals surface area contributed by atoms with Crippen LogP contribution >= 0.6 is 0 Å². The number of pyridine rings is 1. The molecule has 3 N–H and O–H groups in total. The molecule has 0 bridgehead atoms. The molecule has 0 atom stereocenters. The van der Waals surface area contributed by atoms with E-state index in [0.717, 1.165) is 25.5 Å². The van der Waals surface area contributed by atoms with E-state index in [1.165, 1.54) is 0 Å². The van der Waals surface area contributed by atoms with Crippen molar-refractivity contribution in [2.45, 2.75) is 13.8 Å². The fraction of sp³-hybridized carbons (Fsp3) is 0.545. The molecule has 0 aliphatic heterocycles. The largest absolute Gasteiger partial charge is 0.380 e. The van der Waals surface area contributed by atoms with E-state index >= 15 is 0 Å². The van der Waals surface area contributed by atoms with Gasteiger partial charge in [-0.2, -0.15) is 0 Å². The second kappa shape index (κ2) is 7.03. The molecule has 0 saturated carbocycles. The number of anilines is 2. The fourth-order valence-corrected chi connectivity index (χ4v) is 1.43. The molecule has 1 heterocycles. The molecule has 0 aliphatic rings. The van der Waals surface area contributed by atoms with Gasteiger partial charge in [-0.15, -0.1) is 0 Å². The molecule has 0 fully saturated rings. The van der Waals surface area contributed by atoms with Crippen LogP contribution in [-0.2, 0) is 4.74 Å². The van der Waals surface area contributed by atoms with Crippen molar-refractivity contribution < 1.29 is 4.74 Å². The summed E-state index contributed by atoms with van der Waals surface area (Å²) >= 11 is 0. The molecule has 1 aromatic heterocycles. The number of ether oxygens (including phenoxy) is 1. The van der Waals surface area contributed by atoms with Crippen molar-refractivity contribution in [1.82, 2.24) is 4.98 Å². The number of hydrogen-bond donors (Lipinski definition) is 2. The van der Waals surface area contributed by atoms with Crippen LogP contribution in [0.15, 0.2) is 18.2 Å². The molecule has 16 heavy (non-hydrogen) atoms. The molecule has 5 heteroatoms. The predicted molar refractivity (Wildman–Crippen MR) is 66.4 cm³/mol. The van der Waals surface area contributed by atoms with Gasteiger partial charge >= 0.3 is 0 Å². The third kappa shape index (κ3) is 3.67. The highest BCUT2D eigenvalue weighted by molar-refractivity contribution is 5.46.